The lowest BCUT2D eigenvalue weighted by Crippen LogP contribution is -2.02. The topological polar surface area (TPSA) is 17.1 Å². The first kappa shape index (κ1) is 46.7. The van der Waals surface area contributed by atoms with Crippen LogP contribution in [0.1, 0.15) is 284 Å². The fraction of sp³-hybridized carbons (Fsp3) is 0.978. The van der Waals surface area contributed by atoms with Crippen LogP contribution < -0.4 is 0 Å². The SMILES string of the molecule is CCCCCCCCCCCCCCCCCCCCCCCC(C=O)CCCCCCCCCCCCCCCCCCCCC. The van der Waals surface area contributed by atoms with Gasteiger partial charge < -0.3 is 4.79 Å². The molecule has 1 atom stereocenters. The van der Waals surface area contributed by atoms with E-state index in [9.17, 15) is 4.79 Å². The summed E-state index contributed by atoms with van der Waals surface area (Å²) >= 11 is 0. The van der Waals surface area contributed by atoms with Gasteiger partial charge in [-0.3, -0.25) is 0 Å². The quantitative estimate of drug-likeness (QED) is 0.0470. The van der Waals surface area contributed by atoms with Crippen molar-refractivity contribution in [1.29, 1.82) is 0 Å². The Morgan fingerprint density at radius 2 is 0.404 bits per heavy atom. The smallest absolute Gasteiger partial charge is 0.123 e. The molecule has 0 saturated heterocycles. The molecule has 47 heavy (non-hydrogen) atoms. The van der Waals surface area contributed by atoms with E-state index in [1.54, 1.807) is 0 Å². The summed E-state index contributed by atoms with van der Waals surface area (Å²) in [6, 6.07) is 0. The number of rotatable bonds is 43. The van der Waals surface area contributed by atoms with Crippen LogP contribution in [0.15, 0.2) is 0 Å². The molecule has 0 aromatic carbocycles. The first-order valence-corrected chi connectivity index (χ1v) is 22.8. The van der Waals surface area contributed by atoms with Gasteiger partial charge in [-0.1, -0.05) is 271 Å². The van der Waals surface area contributed by atoms with E-state index in [-0.39, 0.29) is 0 Å². The molecule has 0 rings (SSSR count). The molecule has 0 spiro atoms. The Morgan fingerprint density at radius 3 is 0.553 bits per heavy atom. The molecule has 0 aliphatic heterocycles. The summed E-state index contributed by atoms with van der Waals surface area (Å²) in [5.41, 5.74) is 0. The number of carbonyl (C=O) groups excluding carboxylic acids is 1. The first-order valence-electron chi connectivity index (χ1n) is 22.8. The Hall–Kier alpha value is -0.330. The van der Waals surface area contributed by atoms with Gasteiger partial charge in [-0.2, -0.15) is 0 Å². The maximum Gasteiger partial charge on any atom is 0.123 e. The van der Waals surface area contributed by atoms with E-state index in [1.165, 1.54) is 263 Å². The fourth-order valence-corrected chi connectivity index (χ4v) is 7.60. The standard InChI is InChI=1S/C46H92O/c1-3-5-7-9-11-13-15-17-19-21-23-24-26-28-30-32-34-36-38-40-42-44-46(45-47)43-41-39-37-35-33-31-29-27-25-22-20-18-16-14-12-10-8-6-4-2/h45-46H,3-44H2,1-2H3. The van der Waals surface area contributed by atoms with Gasteiger partial charge >= 0.3 is 0 Å². The Kier molecular flexibility index (Phi) is 43.4. The van der Waals surface area contributed by atoms with E-state index >= 15 is 0 Å². The summed E-state index contributed by atoms with van der Waals surface area (Å²) in [6.45, 7) is 4.61. The number of hydrogen-bond acceptors (Lipinski definition) is 1. The van der Waals surface area contributed by atoms with Gasteiger partial charge in [0.25, 0.3) is 0 Å². The number of unbranched alkanes of at least 4 members (excludes halogenated alkanes) is 38. The lowest BCUT2D eigenvalue weighted by Gasteiger charge is -2.10. The van der Waals surface area contributed by atoms with Crippen LogP contribution in [0.4, 0.5) is 0 Å². The molecule has 1 unspecified atom stereocenters. The summed E-state index contributed by atoms with van der Waals surface area (Å²) in [5.74, 6) is 0.334. The van der Waals surface area contributed by atoms with Crippen molar-refractivity contribution in [2.45, 2.75) is 284 Å². The van der Waals surface area contributed by atoms with E-state index in [0.717, 1.165) is 12.8 Å². The third-order valence-corrected chi connectivity index (χ3v) is 11.0. The average molecular weight is 661 g/mol. The van der Waals surface area contributed by atoms with Crippen molar-refractivity contribution in [3.63, 3.8) is 0 Å². The fourth-order valence-electron chi connectivity index (χ4n) is 7.60. The van der Waals surface area contributed by atoms with Gasteiger partial charge in [-0.25, -0.2) is 0 Å². The molecular formula is C46H92O. The Morgan fingerprint density at radius 1 is 0.255 bits per heavy atom. The Balaban J connectivity index is 3.24. The molecule has 1 heteroatoms. The van der Waals surface area contributed by atoms with Gasteiger partial charge in [-0.15, -0.1) is 0 Å². The van der Waals surface area contributed by atoms with Crippen molar-refractivity contribution >= 4 is 6.29 Å². The second-order valence-corrected chi connectivity index (χ2v) is 15.9. The largest absolute Gasteiger partial charge is 0.303 e. The molecule has 0 fully saturated rings. The van der Waals surface area contributed by atoms with Crippen LogP contribution in [-0.4, -0.2) is 6.29 Å². The van der Waals surface area contributed by atoms with E-state index < -0.39 is 0 Å². The summed E-state index contributed by atoms with van der Waals surface area (Å²) in [7, 11) is 0. The molecule has 0 bridgehead atoms. The normalized spacial score (nSPS) is 12.2. The number of aldehydes is 1. The molecule has 0 aliphatic carbocycles. The summed E-state index contributed by atoms with van der Waals surface area (Å²) in [6.07, 6.45) is 60.8. The molecule has 0 N–H and O–H groups in total. The van der Waals surface area contributed by atoms with Gasteiger partial charge in [0, 0.05) is 5.92 Å². The monoisotopic (exact) mass is 661 g/mol. The molecule has 0 radical (unpaired) electrons. The number of carbonyl (C=O) groups is 1. The molecule has 1 nitrogen and oxygen atoms in total. The molecule has 0 heterocycles. The molecule has 0 aromatic heterocycles. The molecule has 282 valence electrons. The predicted molar refractivity (Wildman–Crippen MR) is 215 cm³/mol. The van der Waals surface area contributed by atoms with E-state index in [0.29, 0.717) is 5.92 Å². The zero-order valence-electron chi connectivity index (χ0n) is 33.3. The maximum absolute atomic E-state index is 11.6. The zero-order chi connectivity index (χ0) is 34.0. The highest BCUT2D eigenvalue weighted by Gasteiger charge is 2.07. The minimum Gasteiger partial charge on any atom is -0.303 e. The van der Waals surface area contributed by atoms with Gasteiger partial charge in [0.15, 0.2) is 0 Å². The van der Waals surface area contributed by atoms with Crippen LogP contribution in [0.5, 0.6) is 0 Å². The molecule has 0 saturated carbocycles. The van der Waals surface area contributed by atoms with Crippen LogP contribution in [-0.2, 0) is 4.79 Å². The van der Waals surface area contributed by atoms with Crippen LogP contribution >= 0.6 is 0 Å². The van der Waals surface area contributed by atoms with Crippen molar-refractivity contribution in [1.82, 2.24) is 0 Å². The van der Waals surface area contributed by atoms with Crippen molar-refractivity contribution < 1.29 is 4.79 Å². The van der Waals surface area contributed by atoms with Crippen LogP contribution in [0.25, 0.3) is 0 Å². The number of hydrogen-bond donors (Lipinski definition) is 0. The minimum absolute atomic E-state index is 0.334. The van der Waals surface area contributed by atoms with Crippen molar-refractivity contribution in [2.24, 2.45) is 5.92 Å². The first-order chi connectivity index (χ1) is 23.3. The summed E-state index contributed by atoms with van der Waals surface area (Å²) in [4.78, 5) is 11.6. The van der Waals surface area contributed by atoms with Gasteiger partial charge in [-0.05, 0) is 12.8 Å². The Labute approximate surface area is 299 Å². The lowest BCUT2D eigenvalue weighted by atomic mass is 9.95. The zero-order valence-corrected chi connectivity index (χ0v) is 33.3. The van der Waals surface area contributed by atoms with Crippen molar-refractivity contribution in [3.8, 4) is 0 Å². The summed E-state index contributed by atoms with van der Waals surface area (Å²) in [5, 5.41) is 0. The van der Waals surface area contributed by atoms with Gasteiger partial charge in [0.2, 0.25) is 0 Å². The van der Waals surface area contributed by atoms with Crippen molar-refractivity contribution in [3.05, 3.63) is 0 Å². The highest BCUT2D eigenvalue weighted by atomic mass is 16.1. The van der Waals surface area contributed by atoms with E-state index in [1.807, 2.05) is 0 Å². The van der Waals surface area contributed by atoms with Gasteiger partial charge in [0.1, 0.15) is 6.29 Å². The van der Waals surface area contributed by atoms with Crippen LogP contribution in [0.3, 0.4) is 0 Å². The highest BCUT2D eigenvalue weighted by Crippen LogP contribution is 2.20. The second kappa shape index (κ2) is 43.7. The minimum atomic E-state index is 0.334. The predicted octanol–water partition coefficient (Wildman–Crippen LogP) is 17.2. The third kappa shape index (κ3) is 41.8. The molecule has 0 aromatic rings. The maximum atomic E-state index is 11.6. The molecular weight excluding hydrogens is 569 g/mol. The average Bonchev–Trinajstić information content (AvgIpc) is 3.09. The molecule has 0 aliphatic rings. The van der Waals surface area contributed by atoms with Crippen LogP contribution in [0.2, 0.25) is 0 Å². The van der Waals surface area contributed by atoms with Gasteiger partial charge in [0.05, 0.1) is 0 Å². The molecule has 0 amide bonds. The Bertz CT molecular complexity index is 541. The highest BCUT2D eigenvalue weighted by molar-refractivity contribution is 5.53. The second-order valence-electron chi connectivity index (χ2n) is 15.9. The lowest BCUT2D eigenvalue weighted by molar-refractivity contribution is -0.111. The summed E-state index contributed by atoms with van der Waals surface area (Å²) < 4.78 is 0. The van der Waals surface area contributed by atoms with Crippen LogP contribution in [0, 0.1) is 5.92 Å². The van der Waals surface area contributed by atoms with E-state index in [2.05, 4.69) is 13.8 Å². The van der Waals surface area contributed by atoms with Crippen molar-refractivity contribution in [2.75, 3.05) is 0 Å². The third-order valence-electron chi connectivity index (χ3n) is 11.0. The van der Waals surface area contributed by atoms with E-state index in [4.69, 9.17) is 0 Å².